The topological polar surface area (TPSA) is 49.8 Å². The molecule has 0 aromatic heterocycles. The molecule has 0 radical (unpaired) electrons. The van der Waals surface area contributed by atoms with Gasteiger partial charge in [-0.15, -0.1) is 0 Å². The third kappa shape index (κ3) is 3.71. The number of nitrogens with zero attached hydrogens (tertiary/aromatic N) is 1. The Morgan fingerprint density at radius 3 is 2.72 bits per heavy atom. The van der Waals surface area contributed by atoms with Crippen LogP contribution in [0.3, 0.4) is 0 Å². The van der Waals surface area contributed by atoms with Crippen molar-refractivity contribution in [3.05, 3.63) is 69.8 Å². The fourth-order valence-corrected chi connectivity index (χ4v) is 3.36. The van der Waals surface area contributed by atoms with Gasteiger partial charge in [0.15, 0.2) is 17.3 Å². The summed E-state index contributed by atoms with van der Waals surface area (Å²) in [6, 6.07) is 11.1. The largest absolute Gasteiger partial charge is 0.504 e. The molecular weight excluding hydrogens is 382 g/mol. The van der Waals surface area contributed by atoms with E-state index in [4.69, 9.17) is 4.74 Å². The van der Waals surface area contributed by atoms with Crippen molar-refractivity contribution in [2.45, 2.75) is 19.4 Å². The first-order chi connectivity index (χ1) is 12.0. The number of phenolic OH excluding ortho intramolecular Hbond substituents is 1. The molecule has 2 aromatic rings. The van der Waals surface area contributed by atoms with E-state index in [0.717, 1.165) is 28.6 Å². The number of ketones is 1. The average molecular weight is 402 g/mol. The molecule has 2 aromatic carbocycles. The van der Waals surface area contributed by atoms with Gasteiger partial charge in [0.1, 0.15) is 0 Å². The molecule has 0 aliphatic carbocycles. The Morgan fingerprint density at radius 1 is 1.32 bits per heavy atom. The maximum Gasteiger partial charge on any atom is 0.187 e. The number of fused-ring (bicyclic) bond motifs is 1. The Labute approximate surface area is 155 Å². The summed E-state index contributed by atoms with van der Waals surface area (Å²) in [5, 5.41) is 9.94. The smallest absolute Gasteiger partial charge is 0.187 e. The molecule has 5 heteroatoms. The van der Waals surface area contributed by atoms with Crippen LogP contribution in [-0.4, -0.2) is 29.4 Å². The number of carbonyl (C=O) groups excluding carboxylic acids is 1. The van der Waals surface area contributed by atoms with E-state index in [-0.39, 0.29) is 17.6 Å². The van der Waals surface area contributed by atoms with Crippen molar-refractivity contribution in [1.82, 2.24) is 4.90 Å². The van der Waals surface area contributed by atoms with Gasteiger partial charge in [0.05, 0.1) is 13.2 Å². The third-order valence-corrected chi connectivity index (χ3v) is 5.10. The van der Waals surface area contributed by atoms with E-state index < -0.39 is 0 Å². The molecule has 1 heterocycles. The number of carbonyl (C=O) groups is 1. The second-order valence-corrected chi connectivity index (χ2v) is 6.99. The van der Waals surface area contributed by atoms with Gasteiger partial charge >= 0.3 is 0 Å². The lowest BCUT2D eigenvalue weighted by molar-refractivity contribution is 0.104. The molecule has 130 valence electrons. The van der Waals surface area contributed by atoms with E-state index in [9.17, 15) is 9.90 Å². The number of hydrogen-bond donors (Lipinski definition) is 1. The van der Waals surface area contributed by atoms with Crippen LogP contribution in [0.15, 0.2) is 53.1 Å². The van der Waals surface area contributed by atoms with Crippen molar-refractivity contribution in [3.8, 4) is 11.5 Å². The number of aromatic hydroxyl groups is 1. The molecule has 0 saturated heterocycles. The molecule has 1 aliphatic rings. The predicted molar refractivity (Wildman–Crippen MR) is 101 cm³/mol. The summed E-state index contributed by atoms with van der Waals surface area (Å²) < 4.78 is 6.17. The van der Waals surface area contributed by atoms with Gasteiger partial charge in [0.2, 0.25) is 0 Å². The molecular formula is C20H20BrNO3. The van der Waals surface area contributed by atoms with Crippen LogP contribution in [0.2, 0.25) is 0 Å². The Hall–Kier alpha value is -2.27. The Morgan fingerprint density at radius 2 is 2.04 bits per heavy atom. The highest BCUT2D eigenvalue weighted by Crippen LogP contribution is 2.37. The van der Waals surface area contributed by atoms with Crippen molar-refractivity contribution in [3.63, 3.8) is 0 Å². The zero-order valence-corrected chi connectivity index (χ0v) is 15.8. The highest BCUT2D eigenvalue weighted by atomic mass is 79.9. The number of benzene rings is 2. The fraction of sp³-hybridized carbons (Fsp3) is 0.250. The van der Waals surface area contributed by atoms with Crippen molar-refractivity contribution < 1.29 is 14.6 Å². The zero-order chi connectivity index (χ0) is 18.0. The summed E-state index contributed by atoms with van der Waals surface area (Å²) in [6.45, 7) is 2.88. The monoisotopic (exact) mass is 401 g/mol. The standard InChI is InChI=1S/C20H20BrNO3/c1-13-17-12-20(25-2)19(24)11-15(17)7-9-22(13)10-8-18(23)14-3-5-16(21)6-4-14/h3-6,8,10-13,24H,7,9H2,1-2H3/t13-/m0/s1. The summed E-state index contributed by atoms with van der Waals surface area (Å²) in [6.07, 6.45) is 4.29. The first-order valence-corrected chi connectivity index (χ1v) is 8.92. The van der Waals surface area contributed by atoms with Gasteiger partial charge in [-0.05, 0) is 60.9 Å². The lowest BCUT2D eigenvalue weighted by Gasteiger charge is -2.34. The highest BCUT2D eigenvalue weighted by molar-refractivity contribution is 9.10. The summed E-state index contributed by atoms with van der Waals surface area (Å²) in [5.41, 5.74) is 2.90. The second kappa shape index (κ2) is 7.31. The van der Waals surface area contributed by atoms with Crippen molar-refractivity contribution in [2.24, 2.45) is 0 Å². The normalized spacial score (nSPS) is 16.8. The summed E-state index contributed by atoms with van der Waals surface area (Å²) in [4.78, 5) is 14.4. The van der Waals surface area contributed by atoms with Crippen LogP contribution in [0.4, 0.5) is 0 Å². The molecule has 4 nitrogen and oxygen atoms in total. The Bertz CT molecular complexity index is 814. The van der Waals surface area contributed by atoms with Gasteiger partial charge in [0.25, 0.3) is 0 Å². The van der Waals surface area contributed by atoms with Crippen molar-refractivity contribution in [2.75, 3.05) is 13.7 Å². The number of halogens is 1. The van der Waals surface area contributed by atoms with E-state index in [1.807, 2.05) is 24.4 Å². The van der Waals surface area contributed by atoms with Gasteiger partial charge in [0, 0.05) is 28.9 Å². The number of methoxy groups -OCH3 is 1. The van der Waals surface area contributed by atoms with Crippen LogP contribution in [0.5, 0.6) is 11.5 Å². The van der Waals surface area contributed by atoms with Crippen molar-refractivity contribution in [1.29, 1.82) is 0 Å². The minimum atomic E-state index is -0.0196. The maximum absolute atomic E-state index is 12.3. The molecule has 1 N–H and O–H groups in total. The van der Waals surface area contributed by atoms with Crippen LogP contribution in [0, 0.1) is 0 Å². The Kier molecular flexibility index (Phi) is 5.13. The lowest BCUT2D eigenvalue weighted by Crippen LogP contribution is -2.29. The van der Waals surface area contributed by atoms with E-state index >= 15 is 0 Å². The lowest BCUT2D eigenvalue weighted by atomic mass is 9.93. The van der Waals surface area contributed by atoms with Gasteiger partial charge < -0.3 is 14.7 Å². The summed E-state index contributed by atoms with van der Waals surface area (Å²) >= 11 is 3.37. The molecule has 0 unspecified atom stereocenters. The first kappa shape index (κ1) is 17.5. The van der Waals surface area contributed by atoms with Gasteiger partial charge in [-0.1, -0.05) is 15.9 Å². The number of allylic oxidation sites excluding steroid dienone is 1. The molecule has 1 atom stereocenters. The molecule has 25 heavy (non-hydrogen) atoms. The van der Waals surface area contributed by atoms with Crippen LogP contribution in [0.25, 0.3) is 0 Å². The van der Waals surface area contributed by atoms with E-state index in [0.29, 0.717) is 11.3 Å². The molecule has 0 saturated carbocycles. The predicted octanol–water partition coefficient (Wildman–Crippen LogP) is 4.48. The summed E-state index contributed by atoms with van der Waals surface area (Å²) in [7, 11) is 1.55. The molecule has 0 bridgehead atoms. The minimum Gasteiger partial charge on any atom is -0.504 e. The van der Waals surface area contributed by atoms with E-state index in [1.165, 1.54) is 0 Å². The molecule has 0 amide bonds. The van der Waals surface area contributed by atoms with Gasteiger partial charge in [-0.2, -0.15) is 0 Å². The van der Waals surface area contributed by atoms with Crippen LogP contribution in [0.1, 0.15) is 34.5 Å². The van der Waals surface area contributed by atoms with Crippen LogP contribution >= 0.6 is 15.9 Å². The van der Waals surface area contributed by atoms with E-state index in [1.54, 1.807) is 31.4 Å². The number of ether oxygens (including phenoxy) is 1. The number of rotatable bonds is 4. The molecule has 1 aliphatic heterocycles. The molecule has 3 rings (SSSR count). The number of phenols is 1. The van der Waals surface area contributed by atoms with Gasteiger partial charge in [-0.3, -0.25) is 4.79 Å². The van der Waals surface area contributed by atoms with Crippen LogP contribution < -0.4 is 4.74 Å². The minimum absolute atomic E-state index is 0.0196. The maximum atomic E-state index is 12.3. The van der Waals surface area contributed by atoms with Crippen LogP contribution in [-0.2, 0) is 6.42 Å². The highest BCUT2D eigenvalue weighted by Gasteiger charge is 2.23. The van der Waals surface area contributed by atoms with E-state index in [2.05, 4.69) is 27.8 Å². The zero-order valence-electron chi connectivity index (χ0n) is 14.2. The Balaban J connectivity index is 1.78. The number of hydrogen-bond acceptors (Lipinski definition) is 4. The quantitative estimate of drug-likeness (QED) is 0.605. The SMILES string of the molecule is COc1cc2c(cc1O)CCN(C=CC(=O)c1ccc(Br)cc1)[C@H]2C. The second-order valence-electron chi connectivity index (χ2n) is 6.07. The average Bonchev–Trinajstić information content (AvgIpc) is 2.61. The summed E-state index contributed by atoms with van der Waals surface area (Å²) in [5.74, 6) is 0.624. The van der Waals surface area contributed by atoms with Crippen molar-refractivity contribution >= 4 is 21.7 Å². The molecule has 0 fully saturated rings. The van der Waals surface area contributed by atoms with Gasteiger partial charge in [-0.25, -0.2) is 0 Å². The first-order valence-electron chi connectivity index (χ1n) is 8.13. The fourth-order valence-electron chi connectivity index (χ4n) is 3.10. The molecule has 0 spiro atoms. The third-order valence-electron chi connectivity index (χ3n) is 4.57.